The maximum absolute atomic E-state index is 11.7. The van der Waals surface area contributed by atoms with Crippen molar-refractivity contribution in [2.24, 2.45) is 0 Å². The van der Waals surface area contributed by atoms with Gasteiger partial charge in [-0.05, 0) is 30.6 Å². The second-order valence-electron chi connectivity index (χ2n) is 3.37. The van der Waals surface area contributed by atoms with Crippen LogP contribution < -0.4 is 11.1 Å². The van der Waals surface area contributed by atoms with Crippen LogP contribution in [0.4, 0.5) is 5.69 Å². The van der Waals surface area contributed by atoms with Crippen molar-refractivity contribution in [3.8, 4) is 11.3 Å². The molecular formula is C11H12N4OS. The molecule has 0 bridgehead atoms. The first-order valence-corrected chi connectivity index (χ1v) is 5.95. The molecule has 88 valence electrons. The van der Waals surface area contributed by atoms with Crippen LogP contribution in [-0.4, -0.2) is 21.8 Å². The maximum Gasteiger partial charge on any atom is 0.265 e. The van der Waals surface area contributed by atoms with Gasteiger partial charge in [-0.15, -0.1) is 0 Å². The van der Waals surface area contributed by atoms with E-state index in [0.29, 0.717) is 22.8 Å². The van der Waals surface area contributed by atoms with Gasteiger partial charge in [0.2, 0.25) is 0 Å². The van der Waals surface area contributed by atoms with Gasteiger partial charge in [-0.1, -0.05) is 0 Å². The molecule has 1 amide bonds. The van der Waals surface area contributed by atoms with E-state index in [1.165, 1.54) is 0 Å². The van der Waals surface area contributed by atoms with Gasteiger partial charge in [-0.25, -0.2) is 0 Å². The Labute approximate surface area is 103 Å². The Hall–Kier alpha value is -1.95. The van der Waals surface area contributed by atoms with E-state index < -0.39 is 0 Å². The maximum atomic E-state index is 11.7. The van der Waals surface area contributed by atoms with Gasteiger partial charge >= 0.3 is 0 Å². The normalized spacial score (nSPS) is 10.2. The monoisotopic (exact) mass is 248 g/mol. The van der Waals surface area contributed by atoms with Crippen molar-refractivity contribution in [3.63, 3.8) is 0 Å². The SMILES string of the molecule is CCNC(=O)c1snc(-c2ccncc2)c1N. The Morgan fingerprint density at radius 3 is 2.82 bits per heavy atom. The summed E-state index contributed by atoms with van der Waals surface area (Å²) in [5.74, 6) is -0.178. The molecule has 0 aromatic carbocycles. The Morgan fingerprint density at radius 1 is 1.47 bits per heavy atom. The number of nitrogens with two attached hydrogens (primary N) is 1. The lowest BCUT2D eigenvalue weighted by Gasteiger charge is -2.00. The van der Waals surface area contributed by atoms with E-state index in [-0.39, 0.29) is 5.91 Å². The number of amides is 1. The molecule has 0 atom stereocenters. The van der Waals surface area contributed by atoms with Crippen LogP contribution in [0.1, 0.15) is 16.6 Å². The van der Waals surface area contributed by atoms with Crippen molar-refractivity contribution >= 4 is 23.1 Å². The summed E-state index contributed by atoms with van der Waals surface area (Å²) >= 11 is 1.11. The molecule has 0 spiro atoms. The third-order valence-corrected chi connectivity index (χ3v) is 3.09. The first kappa shape index (κ1) is 11.5. The van der Waals surface area contributed by atoms with Gasteiger partial charge < -0.3 is 11.1 Å². The summed E-state index contributed by atoms with van der Waals surface area (Å²) in [5, 5.41) is 2.71. The summed E-state index contributed by atoms with van der Waals surface area (Å²) in [5.41, 5.74) is 7.86. The molecule has 0 unspecified atom stereocenters. The minimum Gasteiger partial charge on any atom is -0.396 e. The van der Waals surface area contributed by atoms with E-state index in [1.807, 2.05) is 19.1 Å². The summed E-state index contributed by atoms with van der Waals surface area (Å²) in [6, 6.07) is 3.62. The summed E-state index contributed by atoms with van der Waals surface area (Å²) in [6.07, 6.45) is 3.33. The molecule has 3 N–H and O–H groups in total. The highest BCUT2D eigenvalue weighted by molar-refractivity contribution is 7.09. The van der Waals surface area contributed by atoms with Crippen molar-refractivity contribution in [1.29, 1.82) is 0 Å². The smallest absolute Gasteiger partial charge is 0.265 e. The zero-order valence-electron chi connectivity index (χ0n) is 9.30. The summed E-state index contributed by atoms with van der Waals surface area (Å²) in [6.45, 7) is 2.43. The molecule has 0 aliphatic heterocycles. The first-order valence-electron chi connectivity index (χ1n) is 5.17. The fraction of sp³-hybridized carbons (Fsp3) is 0.182. The lowest BCUT2D eigenvalue weighted by atomic mass is 10.1. The number of nitrogens with zero attached hydrogens (tertiary/aromatic N) is 2. The van der Waals surface area contributed by atoms with Gasteiger partial charge in [0.25, 0.3) is 5.91 Å². The van der Waals surface area contributed by atoms with Crippen molar-refractivity contribution < 1.29 is 4.79 Å². The van der Waals surface area contributed by atoms with Crippen LogP contribution in [-0.2, 0) is 0 Å². The molecule has 2 heterocycles. The molecule has 6 heteroatoms. The fourth-order valence-corrected chi connectivity index (χ4v) is 2.16. The van der Waals surface area contributed by atoms with Gasteiger partial charge in [0.05, 0.1) is 5.69 Å². The summed E-state index contributed by atoms with van der Waals surface area (Å²) < 4.78 is 4.22. The number of rotatable bonds is 3. The third kappa shape index (κ3) is 2.26. The van der Waals surface area contributed by atoms with Gasteiger partial charge in [0, 0.05) is 24.5 Å². The van der Waals surface area contributed by atoms with Gasteiger partial charge in [-0.2, -0.15) is 4.37 Å². The molecule has 0 aliphatic carbocycles. The highest BCUT2D eigenvalue weighted by atomic mass is 32.1. The number of carbonyl (C=O) groups excluding carboxylic acids is 1. The van der Waals surface area contributed by atoms with Crippen LogP contribution in [0.25, 0.3) is 11.3 Å². The Kier molecular flexibility index (Phi) is 3.34. The number of hydrogen-bond donors (Lipinski definition) is 2. The number of aromatic nitrogens is 2. The summed E-state index contributed by atoms with van der Waals surface area (Å²) in [4.78, 5) is 16.1. The number of anilines is 1. The number of pyridine rings is 1. The molecule has 2 aromatic heterocycles. The summed E-state index contributed by atoms with van der Waals surface area (Å²) in [7, 11) is 0. The predicted octanol–water partition coefficient (Wildman–Crippen LogP) is 1.54. The average molecular weight is 248 g/mol. The molecule has 0 fully saturated rings. The fourth-order valence-electron chi connectivity index (χ4n) is 1.42. The minimum absolute atomic E-state index is 0.178. The lowest BCUT2D eigenvalue weighted by Crippen LogP contribution is -2.22. The third-order valence-electron chi connectivity index (χ3n) is 2.23. The first-order chi connectivity index (χ1) is 8.24. The second kappa shape index (κ2) is 4.92. The molecule has 2 rings (SSSR count). The van der Waals surface area contributed by atoms with E-state index >= 15 is 0 Å². The number of nitrogens with one attached hydrogen (secondary N) is 1. The molecule has 2 aromatic rings. The quantitative estimate of drug-likeness (QED) is 0.863. The van der Waals surface area contributed by atoms with E-state index in [9.17, 15) is 4.79 Å². The number of nitrogen functional groups attached to an aromatic ring is 1. The van der Waals surface area contributed by atoms with Gasteiger partial charge in [-0.3, -0.25) is 9.78 Å². The molecule has 5 nitrogen and oxygen atoms in total. The van der Waals surface area contributed by atoms with Crippen LogP contribution in [0.2, 0.25) is 0 Å². The Balaban J connectivity index is 2.37. The second-order valence-corrected chi connectivity index (χ2v) is 4.14. The van der Waals surface area contributed by atoms with Crippen molar-refractivity contribution in [1.82, 2.24) is 14.7 Å². The Bertz CT molecular complexity index is 524. The van der Waals surface area contributed by atoms with E-state index in [1.54, 1.807) is 12.4 Å². The van der Waals surface area contributed by atoms with Crippen LogP contribution in [0.15, 0.2) is 24.5 Å². The largest absolute Gasteiger partial charge is 0.396 e. The minimum atomic E-state index is -0.178. The lowest BCUT2D eigenvalue weighted by molar-refractivity contribution is 0.0960. The topological polar surface area (TPSA) is 80.9 Å². The molecular weight excluding hydrogens is 236 g/mol. The Morgan fingerprint density at radius 2 is 2.18 bits per heavy atom. The van der Waals surface area contributed by atoms with E-state index in [2.05, 4.69) is 14.7 Å². The van der Waals surface area contributed by atoms with Crippen LogP contribution in [0.3, 0.4) is 0 Å². The molecule has 17 heavy (non-hydrogen) atoms. The van der Waals surface area contributed by atoms with Crippen molar-refractivity contribution in [3.05, 3.63) is 29.4 Å². The molecule has 0 radical (unpaired) electrons. The van der Waals surface area contributed by atoms with Gasteiger partial charge in [0.1, 0.15) is 10.6 Å². The van der Waals surface area contributed by atoms with Crippen LogP contribution >= 0.6 is 11.5 Å². The predicted molar refractivity (Wildman–Crippen MR) is 67.8 cm³/mol. The van der Waals surface area contributed by atoms with E-state index in [0.717, 1.165) is 17.1 Å². The average Bonchev–Trinajstić information content (AvgIpc) is 2.72. The van der Waals surface area contributed by atoms with Crippen molar-refractivity contribution in [2.45, 2.75) is 6.92 Å². The zero-order chi connectivity index (χ0) is 12.3. The van der Waals surface area contributed by atoms with Crippen LogP contribution in [0.5, 0.6) is 0 Å². The van der Waals surface area contributed by atoms with E-state index in [4.69, 9.17) is 5.73 Å². The molecule has 0 aliphatic rings. The highest BCUT2D eigenvalue weighted by Crippen LogP contribution is 2.30. The number of carbonyl (C=O) groups is 1. The highest BCUT2D eigenvalue weighted by Gasteiger charge is 2.17. The molecule has 0 saturated carbocycles. The standard InChI is InChI=1S/C11H12N4OS/c1-2-14-11(16)10-8(12)9(15-17-10)7-3-5-13-6-4-7/h3-6H,2,12H2,1H3,(H,14,16). The van der Waals surface area contributed by atoms with Crippen molar-refractivity contribution in [2.75, 3.05) is 12.3 Å². The van der Waals surface area contributed by atoms with Gasteiger partial charge in [0.15, 0.2) is 0 Å². The van der Waals surface area contributed by atoms with Crippen LogP contribution in [0, 0.1) is 0 Å². The zero-order valence-corrected chi connectivity index (χ0v) is 10.1. The number of hydrogen-bond acceptors (Lipinski definition) is 5. The molecule has 0 saturated heterocycles.